The van der Waals surface area contributed by atoms with Gasteiger partial charge in [0, 0.05) is 6.20 Å². The Balaban J connectivity index is 3.43. The minimum atomic E-state index is -1.40. The lowest BCUT2D eigenvalue weighted by atomic mass is 10.2. The Morgan fingerprint density at radius 1 is 1.36 bits per heavy atom. The van der Waals surface area contributed by atoms with Gasteiger partial charge >= 0.3 is 11.9 Å². The Bertz CT molecular complexity index is 387. The zero-order valence-corrected chi connectivity index (χ0v) is 7.22. The number of hydrogen-bond acceptors (Lipinski definition) is 4. The molecule has 0 aliphatic heterocycles. The average Bonchev–Trinajstić information content (AvgIpc) is 2.16. The van der Waals surface area contributed by atoms with Gasteiger partial charge in [-0.25, -0.2) is 14.6 Å². The second kappa shape index (κ2) is 3.73. The van der Waals surface area contributed by atoms with Crippen LogP contribution >= 0.6 is 0 Å². The van der Waals surface area contributed by atoms with E-state index in [1.165, 1.54) is 19.4 Å². The summed E-state index contributed by atoms with van der Waals surface area (Å²) in [6, 6.07) is 1.29. The van der Waals surface area contributed by atoms with E-state index >= 15 is 0 Å². The maximum atomic E-state index is 10.7. The van der Waals surface area contributed by atoms with Gasteiger partial charge in [-0.3, -0.25) is 0 Å². The standard InChI is InChI=1S/C8H7NO5/c1-14-4-2-3-9-6(8(12)13)5(4)7(10)11/h2-3H,1H3,(H,10,11)(H,12,13). The van der Waals surface area contributed by atoms with Gasteiger partial charge in [0.2, 0.25) is 0 Å². The van der Waals surface area contributed by atoms with Crippen molar-refractivity contribution in [2.45, 2.75) is 0 Å². The van der Waals surface area contributed by atoms with Crippen molar-refractivity contribution in [3.63, 3.8) is 0 Å². The summed E-state index contributed by atoms with van der Waals surface area (Å²) >= 11 is 0. The molecule has 0 unspecified atom stereocenters. The first-order valence-corrected chi connectivity index (χ1v) is 3.57. The van der Waals surface area contributed by atoms with E-state index < -0.39 is 23.2 Å². The van der Waals surface area contributed by atoms with E-state index in [1.54, 1.807) is 0 Å². The van der Waals surface area contributed by atoms with Crippen LogP contribution in [0.1, 0.15) is 20.8 Å². The van der Waals surface area contributed by atoms with Gasteiger partial charge < -0.3 is 14.9 Å². The molecule has 0 amide bonds. The minimum Gasteiger partial charge on any atom is -0.496 e. The fraction of sp³-hybridized carbons (Fsp3) is 0.125. The number of hydrogen-bond donors (Lipinski definition) is 2. The number of carboxylic acids is 2. The molecule has 1 heterocycles. The van der Waals surface area contributed by atoms with Crippen LogP contribution in [0.4, 0.5) is 0 Å². The average molecular weight is 197 g/mol. The maximum absolute atomic E-state index is 10.7. The molecule has 6 nitrogen and oxygen atoms in total. The van der Waals surface area contributed by atoms with E-state index in [4.69, 9.17) is 14.9 Å². The number of aromatic carboxylic acids is 2. The van der Waals surface area contributed by atoms with Gasteiger partial charge in [-0.1, -0.05) is 0 Å². The SMILES string of the molecule is COc1ccnc(C(=O)O)c1C(=O)O. The molecular weight excluding hydrogens is 190 g/mol. The summed E-state index contributed by atoms with van der Waals surface area (Å²) < 4.78 is 4.71. The number of methoxy groups -OCH3 is 1. The molecule has 0 bridgehead atoms. The van der Waals surface area contributed by atoms with E-state index in [1.807, 2.05) is 0 Å². The molecule has 2 N–H and O–H groups in total. The summed E-state index contributed by atoms with van der Waals surface area (Å²) in [7, 11) is 1.26. The van der Waals surface area contributed by atoms with E-state index in [0.29, 0.717) is 0 Å². The van der Waals surface area contributed by atoms with Crippen LogP contribution in [-0.2, 0) is 0 Å². The molecule has 14 heavy (non-hydrogen) atoms. The third kappa shape index (κ3) is 1.63. The molecule has 74 valence electrons. The number of ether oxygens (including phenoxy) is 1. The van der Waals surface area contributed by atoms with Crippen LogP contribution in [0.2, 0.25) is 0 Å². The highest BCUT2D eigenvalue weighted by molar-refractivity contribution is 6.02. The lowest BCUT2D eigenvalue weighted by molar-refractivity contribution is 0.0643. The smallest absolute Gasteiger partial charge is 0.355 e. The minimum absolute atomic E-state index is 0.0232. The molecule has 0 aliphatic rings. The van der Waals surface area contributed by atoms with Crippen molar-refractivity contribution >= 4 is 11.9 Å². The lowest BCUT2D eigenvalue weighted by Gasteiger charge is -2.05. The summed E-state index contributed by atoms with van der Waals surface area (Å²) in [5.74, 6) is -2.81. The third-order valence-electron chi connectivity index (χ3n) is 1.55. The molecule has 1 aromatic heterocycles. The summed E-state index contributed by atoms with van der Waals surface area (Å²) in [5, 5.41) is 17.4. The van der Waals surface area contributed by atoms with Crippen molar-refractivity contribution in [2.75, 3.05) is 7.11 Å². The number of carboxylic acid groups (broad SMARTS) is 2. The molecule has 0 saturated heterocycles. The number of carbonyl (C=O) groups is 2. The monoisotopic (exact) mass is 197 g/mol. The molecule has 6 heteroatoms. The predicted octanol–water partition coefficient (Wildman–Crippen LogP) is 0.487. The van der Waals surface area contributed by atoms with Gasteiger partial charge in [-0.05, 0) is 6.07 Å². The predicted molar refractivity (Wildman–Crippen MR) is 44.7 cm³/mol. The number of pyridine rings is 1. The van der Waals surface area contributed by atoms with Gasteiger partial charge in [0.25, 0.3) is 0 Å². The van der Waals surface area contributed by atoms with Crippen LogP contribution in [0.5, 0.6) is 5.75 Å². The fourth-order valence-electron chi connectivity index (χ4n) is 0.983. The van der Waals surface area contributed by atoms with E-state index in [0.717, 1.165) is 0 Å². The van der Waals surface area contributed by atoms with Crippen LogP contribution in [0.25, 0.3) is 0 Å². The van der Waals surface area contributed by atoms with Crippen molar-refractivity contribution in [2.24, 2.45) is 0 Å². The molecule has 0 aliphatic carbocycles. The van der Waals surface area contributed by atoms with Crippen molar-refractivity contribution in [1.29, 1.82) is 0 Å². The summed E-state index contributed by atoms with van der Waals surface area (Å²) in [6.45, 7) is 0. The van der Waals surface area contributed by atoms with Gasteiger partial charge in [0.05, 0.1) is 7.11 Å². The van der Waals surface area contributed by atoms with Gasteiger partial charge in [-0.15, -0.1) is 0 Å². The number of rotatable bonds is 3. The van der Waals surface area contributed by atoms with Gasteiger partial charge in [0.1, 0.15) is 11.3 Å². The van der Waals surface area contributed by atoms with Crippen molar-refractivity contribution in [1.82, 2.24) is 4.98 Å². The Kier molecular flexibility index (Phi) is 2.66. The highest BCUT2D eigenvalue weighted by Gasteiger charge is 2.21. The molecule has 0 saturated carbocycles. The largest absolute Gasteiger partial charge is 0.496 e. The number of nitrogens with zero attached hydrogens (tertiary/aromatic N) is 1. The first-order chi connectivity index (χ1) is 6.57. The Hall–Kier alpha value is -2.11. The molecule has 0 radical (unpaired) electrons. The second-order valence-corrected chi connectivity index (χ2v) is 2.35. The molecule has 0 aromatic carbocycles. The van der Waals surface area contributed by atoms with Gasteiger partial charge in [-0.2, -0.15) is 0 Å². The highest BCUT2D eigenvalue weighted by atomic mass is 16.5. The third-order valence-corrected chi connectivity index (χ3v) is 1.55. The molecule has 0 atom stereocenters. The lowest BCUT2D eigenvalue weighted by Crippen LogP contribution is -2.11. The summed E-state index contributed by atoms with van der Waals surface area (Å²) in [5.41, 5.74) is -0.973. The molecule has 1 aromatic rings. The highest BCUT2D eigenvalue weighted by Crippen LogP contribution is 2.19. The first kappa shape index (κ1) is 9.97. The zero-order valence-electron chi connectivity index (χ0n) is 7.22. The fourth-order valence-corrected chi connectivity index (χ4v) is 0.983. The van der Waals surface area contributed by atoms with Crippen LogP contribution in [-0.4, -0.2) is 34.2 Å². The second-order valence-electron chi connectivity index (χ2n) is 2.35. The van der Waals surface area contributed by atoms with Crippen molar-refractivity contribution in [3.05, 3.63) is 23.5 Å². The maximum Gasteiger partial charge on any atom is 0.355 e. The molecule has 0 fully saturated rings. The Morgan fingerprint density at radius 2 is 2.00 bits per heavy atom. The molecule has 1 rings (SSSR count). The van der Waals surface area contributed by atoms with Crippen LogP contribution in [0.3, 0.4) is 0 Å². The summed E-state index contributed by atoms with van der Waals surface area (Å²) in [4.78, 5) is 24.8. The van der Waals surface area contributed by atoms with Crippen LogP contribution < -0.4 is 4.74 Å². The zero-order chi connectivity index (χ0) is 10.7. The van der Waals surface area contributed by atoms with E-state index in [-0.39, 0.29) is 5.75 Å². The van der Waals surface area contributed by atoms with E-state index in [2.05, 4.69) is 4.98 Å². The molecule has 0 spiro atoms. The number of aromatic nitrogens is 1. The first-order valence-electron chi connectivity index (χ1n) is 3.57. The Morgan fingerprint density at radius 3 is 2.43 bits per heavy atom. The quantitative estimate of drug-likeness (QED) is 0.731. The van der Waals surface area contributed by atoms with Crippen LogP contribution in [0.15, 0.2) is 12.3 Å². The Labute approximate surface area is 78.8 Å². The van der Waals surface area contributed by atoms with Crippen molar-refractivity contribution in [3.8, 4) is 5.75 Å². The van der Waals surface area contributed by atoms with Crippen molar-refractivity contribution < 1.29 is 24.5 Å². The summed E-state index contributed by atoms with van der Waals surface area (Å²) in [6.07, 6.45) is 1.18. The normalized spacial score (nSPS) is 9.50. The molecular formula is C8H7NO5. The van der Waals surface area contributed by atoms with Gasteiger partial charge in [0.15, 0.2) is 5.69 Å². The topological polar surface area (TPSA) is 96.7 Å². The van der Waals surface area contributed by atoms with Crippen LogP contribution in [0, 0.1) is 0 Å². The van der Waals surface area contributed by atoms with E-state index in [9.17, 15) is 9.59 Å².